The average molecular weight is 218 g/mol. The lowest BCUT2D eigenvalue weighted by Gasteiger charge is -2.21. The smallest absolute Gasteiger partial charge is 0.220 e. The van der Waals surface area contributed by atoms with Gasteiger partial charge >= 0.3 is 0 Å². The number of hydrogen-bond acceptors (Lipinski definition) is 3. The van der Waals surface area contributed by atoms with Gasteiger partial charge in [0.1, 0.15) is 5.60 Å². The molecule has 0 aromatic rings. The molecule has 0 N–H and O–H groups in total. The molecule has 1 fully saturated rings. The molecule has 76 valence electrons. The van der Waals surface area contributed by atoms with Crippen molar-refractivity contribution in [3.63, 3.8) is 0 Å². The van der Waals surface area contributed by atoms with E-state index in [1.807, 2.05) is 0 Å². The Kier molecular flexibility index (Phi) is 4.53. The molecule has 0 radical (unpaired) electrons. The summed E-state index contributed by atoms with van der Waals surface area (Å²) in [5.74, 6) is 1.04. The van der Waals surface area contributed by atoms with Crippen LogP contribution in [0.15, 0.2) is 0 Å². The number of ether oxygens (including phenoxy) is 1. The van der Waals surface area contributed by atoms with E-state index in [4.69, 9.17) is 17.0 Å². The van der Waals surface area contributed by atoms with Crippen molar-refractivity contribution in [2.24, 2.45) is 0 Å². The average Bonchev–Trinajstić information content (AvgIpc) is 2.41. The molecule has 1 heterocycles. The first-order chi connectivity index (χ1) is 6.16. The first kappa shape index (κ1) is 11.3. The Morgan fingerprint density at radius 2 is 2.23 bits per heavy atom. The second kappa shape index (κ2) is 5.20. The standard InChI is InChI=1S/C10H18OS2/c1-3-4-5-6-7-10(2)8-13-9(12)11-10/h3-8H2,1-2H3. The molecule has 1 unspecified atom stereocenters. The Morgan fingerprint density at radius 3 is 2.77 bits per heavy atom. The molecule has 0 aromatic carbocycles. The summed E-state index contributed by atoms with van der Waals surface area (Å²) in [6, 6.07) is 0. The number of thioether (sulfide) groups is 1. The summed E-state index contributed by atoms with van der Waals surface area (Å²) in [5.41, 5.74) is 0.0372. The van der Waals surface area contributed by atoms with E-state index in [0.717, 1.165) is 16.6 Å². The van der Waals surface area contributed by atoms with Gasteiger partial charge in [-0.2, -0.15) is 0 Å². The highest BCUT2D eigenvalue weighted by atomic mass is 32.2. The van der Waals surface area contributed by atoms with Crippen molar-refractivity contribution in [1.82, 2.24) is 0 Å². The molecular formula is C10H18OS2. The Labute approximate surface area is 90.6 Å². The van der Waals surface area contributed by atoms with E-state index < -0.39 is 0 Å². The molecule has 1 aliphatic rings. The van der Waals surface area contributed by atoms with E-state index >= 15 is 0 Å². The van der Waals surface area contributed by atoms with Crippen molar-refractivity contribution in [3.8, 4) is 0 Å². The van der Waals surface area contributed by atoms with Gasteiger partial charge in [0.05, 0.1) is 0 Å². The molecule has 0 amide bonds. The highest BCUT2D eigenvalue weighted by molar-refractivity contribution is 8.22. The third-order valence-electron chi connectivity index (χ3n) is 2.38. The highest BCUT2D eigenvalue weighted by Gasteiger charge is 2.33. The van der Waals surface area contributed by atoms with E-state index in [9.17, 15) is 0 Å². The van der Waals surface area contributed by atoms with Crippen LogP contribution in [-0.4, -0.2) is 15.7 Å². The normalized spacial score (nSPS) is 27.7. The van der Waals surface area contributed by atoms with Crippen LogP contribution in [0.4, 0.5) is 0 Å². The molecule has 1 nitrogen and oxygen atoms in total. The molecule has 0 spiro atoms. The van der Waals surface area contributed by atoms with Crippen LogP contribution >= 0.6 is 24.0 Å². The first-order valence-electron chi connectivity index (χ1n) is 5.02. The monoisotopic (exact) mass is 218 g/mol. The van der Waals surface area contributed by atoms with Crippen LogP contribution in [0.3, 0.4) is 0 Å². The van der Waals surface area contributed by atoms with E-state index in [1.54, 1.807) is 11.8 Å². The highest BCUT2D eigenvalue weighted by Crippen LogP contribution is 2.33. The quantitative estimate of drug-likeness (QED) is 0.513. The number of rotatable bonds is 5. The van der Waals surface area contributed by atoms with Crippen molar-refractivity contribution in [2.45, 2.75) is 51.6 Å². The van der Waals surface area contributed by atoms with Gasteiger partial charge < -0.3 is 4.74 Å². The molecule has 1 rings (SSSR count). The number of unbranched alkanes of at least 4 members (excludes halogenated alkanes) is 3. The van der Waals surface area contributed by atoms with Crippen LogP contribution < -0.4 is 0 Å². The van der Waals surface area contributed by atoms with Crippen molar-refractivity contribution >= 4 is 28.4 Å². The van der Waals surface area contributed by atoms with Gasteiger partial charge in [-0.3, -0.25) is 0 Å². The van der Waals surface area contributed by atoms with Crippen molar-refractivity contribution in [2.75, 3.05) is 5.75 Å². The summed E-state index contributed by atoms with van der Waals surface area (Å²) in [4.78, 5) is 0. The molecule has 0 bridgehead atoms. The molecule has 0 aliphatic carbocycles. The predicted octanol–water partition coefficient (Wildman–Crippen LogP) is 3.76. The van der Waals surface area contributed by atoms with Gasteiger partial charge in [0.15, 0.2) is 0 Å². The van der Waals surface area contributed by atoms with Crippen molar-refractivity contribution in [1.29, 1.82) is 0 Å². The molecule has 1 aliphatic heterocycles. The third-order valence-corrected chi connectivity index (χ3v) is 3.90. The molecule has 3 heteroatoms. The minimum Gasteiger partial charge on any atom is -0.471 e. The van der Waals surface area contributed by atoms with Gasteiger partial charge in [0.25, 0.3) is 0 Å². The molecule has 0 aromatic heterocycles. The summed E-state index contributed by atoms with van der Waals surface area (Å²) in [7, 11) is 0. The van der Waals surface area contributed by atoms with Crippen LogP contribution in [0.25, 0.3) is 0 Å². The molecule has 1 atom stereocenters. The lowest BCUT2D eigenvalue weighted by Crippen LogP contribution is -2.26. The second-order valence-electron chi connectivity index (χ2n) is 3.90. The van der Waals surface area contributed by atoms with Gasteiger partial charge in [-0.25, -0.2) is 0 Å². The fourth-order valence-corrected chi connectivity index (χ4v) is 2.79. The molecule has 0 saturated carbocycles. The minimum absolute atomic E-state index is 0.0372. The lowest BCUT2D eigenvalue weighted by atomic mass is 10.00. The Morgan fingerprint density at radius 1 is 1.46 bits per heavy atom. The number of hydrogen-bond donors (Lipinski definition) is 0. The predicted molar refractivity (Wildman–Crippen MR) is 63.3 cm³/mol. The van der Waals surface area contributed by atoms with Gasteiger partial charge in [-0.15, -0.1) is 0 Å². The molecule has 13 heavy (non-hydrogen) atoms. The first-order valence-corrected chi connectivity index (χ1v) is 6.41. The van der Waals surface area contributed by atoms with E-state index in [1.165, 1.54) is 25.7 Å². The van der Waals surface area contributed by atoms with E-state index in [-0.39, 0.29) is 5.60 Å². The lowest BCUT2D eigenvalue weighted by molar-refractivity contribution is 0.106. The van der Waals surface area contributed by atoms with Crippen LogP contribution in [0.5, 0.6) is 0 Å². The fourth-order valence-electron chi connectivity index (χ4n) is 1.52. The summed E-state index contributed by atoms with van der Waals surface area (Å²) >= 11 is 6.69. The maximum Gasteiger partial charge on any atom is 0.220 e. The number of thiocarbonyl (C=S) groups is 1. The zero-order chi connectivity index (χ0) is 9.73. The van der Waals surface area contributed by atoms with Crippen LogP contribution in [0, 0.1) is 0 Å². The van der Waals surface area contributed by atoms with Crippen LogP contribution in [-0.2, 0) is 4.74 Å². The van der Waals surface area contributed by atoms with E-state index in [0.29, 0.717) is 0 Å². The van der Waals surface area contributed by atoms with Crippen molar-refractivity contribution < 1.29 is 4.74 Å². The zero-order valence-electron chi connectivity index (χ0n) is 8.47. The largest absolute Gasteiger partial charge is 0.471 e. The SMILES string of the molecule is CCCCCCC1(C)CSC(=S)O1. The molecule has 1 saturated heterocycles. The van der Waals surface area contributed by atoms with Crippen molar-refractivity contribution in [3.05, 3.63) is 0 Å². The summed E-state index contributed by atoms with van der Waals surface area (Å²) in [6.45, 7) is 4.41. The van der Waals surface area contributed by atoms with Gasteiger partial charge in [-0.05, 0) is 32.0 Å². The Bertz CT molecular complexity index is 182. The van der Waals surface area contributed by atoms with Crippen LogP contribution in [0.2, 0.25) is 0 Å². The summed E-state index contributed by atoms with van der Waals surface area (Å²) in [5, 5.41) is 0. The topological polar surface area (TPSA) is 9.23 Å². The zero-order valence-corrected chi connectivity index (χ0v) is 10.1. The van der Waals surface area contributed by atoms with Crippen LogP contribution in [0.1, 0.15) is 46.0 Å². The summed E-state index contributed by atoms with van der Waals surface area (Å²) in [6.07, 6.45) is 6.39. The third kappa shape index (κ3) is 3.86. The maximum atomic E-state index is 5.62. The Hall–Kier alpha value is 0.240. The van der Waals surface area contributed by atoms with Gasteiger partial charge in [0.2, 0.25) is 4.38 Å². The second-order valence-corrected chi connectivity index (χ2v) is 5.48. The molecular weight excluding hydrogens is 200 g/mol. The Balaban J connectivity index is 2.16. The van der Waals surface area contributed by atoms with Gasteiger partial charge in [0, 0.05) is 5.75 Å². The maximum absolute atomic E-state index is 5.62. The van der Waals surface area contributed by atoms with E-state index in [2.05, 4.69) is 13.8 Å². The fraction of sp³-hybridized carbons (Fsp3) is 0.900. The minimum atomic E-state index is 0.0372. The summed E-state index contributed by atoms with van der Waals surface area (Å²) < 4.78 is 6.36. The van der Waals surface area contributed by atoms with Gasteiger partial charge in [-0.1, -0.05) is 37.9 Å².